The summed E-state index contributed by atoms with van der Waals surface area (Å²) in [6.07, 6.45) is 0. The molecule has 0 aromatic heterocycles. The van der Waals surface area contributed by atoms with Crippen molar-refractivity contribution in [1.29, 1.82) is 0 Å². The number of hydrogen-bond donors (Lipinski definition) is 0. The van der Waals surface area contributed by atoms with Gasteiger partial charge in [0.15, 0.2) is 16.6 Å². The van der Waals surface area contributed by atoms with E-state index in [2.05, 4.69) is 59.0 Å². The molecule has 1 radical (unpaired) electrons. The van der Waals surface area contributed by atoms with Crippen LogP contribution in [0.15, 0.2) is 36.8 Å². The first-order chi connectivity index (χ1) is 8.80. The molecule has 1 atom stereocenters. The number of rotatable bonds is 9. The van der Waals surface area contributed by atoms with Gasteiger partial charge in [0.2, 0.25) is 0 Å². The van der Waals surface area contributed by atoms with Crippen LogP contribution in [0.5, 0.6) is 0 Å². The molecule has 0 heterocycles. The van der Waals surface area contributed by atoms with Crippen LogP contribution in [-0.2, 0) is 45.1 Å². The molecular formula is C14H34O3Si4Y. The van der Waals surface area contributed by atoms with Crippen molar-refractivity contribution < 1.29 is 45.1 Å². The van der Waals surface area contributed by atoms with Crippen LogP contribution >= 0.6 is 0 Å². The minimum absolute atomic E-state index is 0. The summed E-state index contributed by atoms with van der Waals surface area (Å²) in [5.74, 6) is 0. The third-order valence-corrected chi connectivity index (χ3v) is 16.9. The Bertz CT molecular complexity index is 386. The molecule has 0 saturated heterocycles. The number of hydrogen-bond acceptors (Lipinski definition) is 3. The van der Waals surface area contributed by atoms with E-state index in [0.29, 0.717) is 0 Å². The largest absolute Gasteiger partial charge is 0.433 e. The van der Waals surface area contributed by atoms with Crippen LogP contribution in [0.4, 0.5) is 0 Å². The monoisotopic (exact) mass is 451 g/mol. The Morgan fingerprint density at radius 3 is 1.32 bits per heavy atom. The van der Waals surface area contributed by atoms with Crippen molar-refractivity contribution in [2.75, 3.05) is 0 Å². The van der Waals surface area contributed by atoms with E-state index in [1.807, 2.05) is 23.6 Å². The first-order valence-corrected chi connectivity index (χ1v) is 18.0. The molecule has 0 spiro atoms. The van der Waals surface area contributed by atoms with Crippen molar-refractivity contribution in [3.63, 3.8) is 0 Å². The maximum Gasteiger partial charge on any atom is 0.342 e. The topological polar surface area (TPSA) is 27.7 Å². The van der Waals surface area contributed by atoms with Gasteiger partial charge in [0.05, 0.1) is 0 Å². The van der Waals surface area contributed by atoms with Gasteiger partial charge in [0, 0.05) is 32.7 Å². The van der Waals surface area contributed by atoms with Crippen LogP contribution in [0.1, 0.15) is 7.43 Å². The van der Waals surface area contributed by atoms with E-state index in [1.165, 1.54) is 0 Å². The zero-order valence-electron chi connectivity index (χ0n) is 14.7. The second-order valence-electron chi connectivity index (χ2n) is 6.54. The van der Waals surface area contributed by atoms with Crippen molar-refractivity contribution in [3.8, 4) is 0 Å². The molecule has 0 bridgehead atoms. The Morgan fingerprint density at radius 1 is 0.636 bits per heavy atom. The van der Waals surface area contributed by atoms with E-state index in [-0.39, 0.29) is 40.1 Å². The molecule has 8 heteroatoms. The smallest absolute Gasteiger partial charge is 0.342 e. The molecular weight excluding hydrogens is 417 g/mol. The summed E-state index contributed by atoms with van der Waals surface area (Å²) in [6, 6.07) is 0. The maximum absolute atomic E-state index is 6.34. The van der Waals surface area contributed by atoms with E-state index in [4.69, 9.17) is 12.3 Å². The fourth-order valence-corrected chi connectivity index (χ4v) is 17.4. The van der Waals surface area contributed by atoms with Gasteiger partial charge in [0.25, 0.3) is 0 Å². The SMILES string of the molecule is C.C=C[Si](C)(C)O[Si](C)(C)O[Si](C)(C=C)O[Si](C)(C)C=C.[Y]. The van der Waals surface area contributed by atoms with E-state index < -0.39 is 33.8 Å². The van der Waals surface area contributed by atoms with Crippen LogP contribution in [0.25, 0.3) is 0 Å². The van der Waals surface area contributed by atoms with Crippen LogP contribution < -0.4 is 0 Å². The van der Waals surface area contributed by atoms with E-state index >= 15 is 0 Å². The molecule has 22 heavy (non-hydrogen) atoms. The van der Waals surface area contributed by atoms with Crippen LogP contribution in [0.3, 0.4) is 0 Å². The summed E-state index contributed by atoms with van der Waals surface area (Å²) in [7, 11) is -8.51. The van der Waals surface area contributed by atoms with Gasteiger partial charge < -0.3 is 12.3 Å². The second-order valence-corrected chi connectivity index (χ2v) is 21.5. The molecule has 0 aromatic rings. The molecule has 3 nitrogen and oxygen atoms in total. The second kappa shape index (κ2) is 10.2. The van der Waals surface area contributed by atoms with E-state index in [9.17, 15) is 0 Å². The van der Waals surface area contributed by atoms with Gasteiger partial charge in [-0.2, -0.15) is 0 Å². The Kier molecular flexibility index (Phi) is 12.9. The molecule has 0 saturated carbocycles. The van der Waals surface area contributed by atoms with Crippen molar-refractivity contribution >= 4 is 33.8 Å². The van der Waals surface area contributed by atoms with Crippen LogP contribution in [0, 0.1) is 0 Å². The predicted molar refractivity (Wildman–Crippen MR) is 105 cm³/mol. The van der Waals surface area contributed by atoms with Gasteiger partial charge in [0.1, 0.15) is 0 Å². The fraction of sp³-hybridized carbons (Fsp3) is 0.571. The van der Waals surface area contributed by atoms with Crippen molar-refractivity contribution in [3.05, 3.63) is 36.8 Å². The van der Waals surface area contributed by atoms with Gasteiger partial charge in [-0.05, 0) is 45.8 Å². The minimum Gasteiger partial charge on any atom is -0.433 e. The normalized spacial score (nSPS) is 14.9. The molecule has 0 fully saturated rings. The van der Waals surface area contributed by atoms with Crippen LogP contribution in [0.2, 0.25) is 45.8 Å². The minimum atomic E-state index is -2.45. The fourth-order valence-electron chi connectivity index (χ4n) is 1.85. The zero-order chi connectivity index (χ0) is 16.2. The molecule has 0 aliphatic heterocycles. The van der Waals surface area contributed by atoms with E-state index in [1.54, 1.807) is 0 Å². The summed E-state index contributed by atoms with van der Waals surface area (Å²) in [4.78, 5) is 0. The average molecular weight is 452 g/mol. The summed E-state index contributed by atoms with van der Waals surface area (Å²) < 4.78 is 18.9. The molecule has 0 rings (SSSR count). The summed E-state index contributed by atoms with van der Waals surface area (Å²) in [6.45, 7) is 26.2. The Labute approximate surface area is 167 Å². The predicted octanol–water partition coefficient (Wildman–Crippen LogP) is 5.03. The van der Waals surface area contributed by atoms with Crippen LogP contribution in [-0.4, -0.2) is 33.8 Å². The summed E-state index contributed by atoms with van der Waals surface area (Å²) in [5.41, 5.74) is 5.69. The summed E-state index contributed by atoms with van der Waals surface area (Å²) >= 11 is 0. The van der Waals surface area contributed by atoms with Gasteiger partial charge >= 0.3 is 17.1 Å². The van der Waals surface area contributed by atoms with Gasteiger partial charge in [-0.25, -0.2) is 0 Å². The average Bonchev–Trinajstić information content (AvgIpc) is 2.26. The molecule has 1 unspecified atom stereocenters. The Hall–Kier alpha value is 1.07. The molecule has 127 valence electrons. The van der Waals surface area contributed by atoms with Crippen molar-refractivity contribution in [2.24, 2.45) is 0 Å². The standard InChI is InChI=1S/C13H30O3Si4.CH4.Y/c1-11-17(4,5)14-19(8,9)16-20(10,13-3)15-18(6,7)12-2;;/h11-13H,1-3H2,4-10H3;1H4;. The molecule has 0 aromatic carbocycles. The molecule has 0 aliphatic carbocycles. The van der Waals surface area contributed by atoms with Gasteiger partial charge in [-0.3, -0.25) is 0 Å². The molecule has 0 aliphatic rings. The molecule has 0 N–H and O–H groups in total. The maximum atomic E-state index is 6.34. The van der Waals surface area contributed by atoms with Crippen molar-refractivity contribution in [1.82, 2.24) is 0 Å². The Balaban J connectivity index is -0.00000180. The third kappa shape index (κ3) is 10.8. The van der Waals surface area contributed by atoms with Crippen molar-refractivity contribution in [2.45, 2.75) is 53.3 Å². The first-order valence-electron chi connectivity index (χ1n) is 6.82. The quantitative estimate of drug-likeness (QED) is 0.460. The Morgan fingerprint density at radius 2 is 1.00 bits per heavy atom. The third-order valence-electron chi connectivity index (χ3n) is 2.78. The molecule has 0 amide bonds. The summed E-state index contributed by atoms with van der Waals surface area (Å²) in [5, 5.41) is 0. The first kappa shape index (κ1) is 27.9. The zero-order valence-corrected chi connectivity index (χ0v) is 21.5. The van der Waals surface area contributed by atoms with E-state index in [0.717, 1.165) is 0 Å². The van der Waals surface area contributed by atoms with Gasteiger partial charge in [-0.1, -0.05) is 24.5 Å². The van der Waals surface area contributed by atoms with Gasteiger partial charge in [-0.15, -0.1) is 19.7 Å².